The fourth-order valence-corrected chi connectivity index (χ4v) is 3.08. The van der Waals surface area contributed by atoms with Crippen LogP contribution in [0.5, 0.6) is 0 Å². The molecule has 1 saturated heterocycles. The lowest BCUT2D eigenvalue weighted by Crippen LogP contribution is -2.36. The lowest BCUT2D eigenvalue weighted by Gasteiger charge is -2.26. The second-order valence-electron chi connectivity index (χ2n) is 6.58. The zero-order valence-corrected chi connectivity index (χ0v) is 15.7. The smallest absolute Gasteiger partial charge is 0.191 e. The molecule has 2 aromatic rings. The molecule has 6 heteroatoms. The number of hydrogen-bond acceptors (Lipinski definition) is 3. The summed E-state index contributed by atoms with van der Waals surface area (Å²) in [4.78, 5) is 6.62. The number of aliphatic imine (C=N–C) groups is 1. The fraction of sp³-hybridized carbons (Fsp3) is 0.381. The van der Waals surface area contributed by atoms with Crippen molar-refractivity contribution in [1.29, 1.82) is 0 Å². The molecule has 144 valence electrons. The number of guanidine groups is 1. The predicted octanol–water partition coefficient (Wildman–Crippen LogP) is 2.52. The van der Waals surface area contributed by atoms with E-state index in [2.05, 4.69) is 44.8 Å². The molecule has 3 rings (SSSR count). The molecule has 0 atom stereocenters. The molecule has 0 bridgehead atoms. The van der Waals surface area contributed by atoms with Gasteiger partial charge in [-0.3, -0.25) is 9.89 Å². The van der Waals surface area contributed by atoms with Crippen LogP contribution in [0.2, 0.25) is 0 Å². The van der Waals surface area contributed by atoms with Gasteiger partial charge >= 0.3 is 0 Å². The largest absolute Gasteiger partial charge is 0.379 e. The van der Waals surface area contributed by atoms with Gasteiger partial charge in [0.15, 0.2) is 5.96 Å². The summed E-state index contributed by atoms with van der Waals surface area (Å²) in [6, 6.07) is 15.3. The van der Waals surface area contributed by atoms with Crippen molar-refractivity contribution in [3.05, 3.63) is 71.0 Å². The van der Waals surface area contributed by atoms with E-state index in [1.54, 1.807) is 19.2 Å². The average Bonchev–Trinajstić information content (AvgIpc) is 2.70. The molecular weight excluding hydrogens is 343 g/mol. The van der Waals surface area contributed by atoms with Gasteiger partial charge in [0.05, 0.1) is 13.2 Å². The Kier molecular flexibility index (Phi) is 7.19. The molecule has 0 radical (unpaired) electrons. The van der Waals surface area contributed by atoms with E-state index in [9.17, 15) is 4.39 Å². The predicted molar refractivity (Wildman–Crippen MR) is 106 cm³/mol. The molecule has 1 aliphatic heterocycles. The molecule has 2 aromatic carbocycles. The minimum Gasteiger partial charge on any atom is -0.379 e. The number of benzene rings is 2. The van der Waals surface area contributed by atoms with Crippen LogP contribution < -0.4 is 10.6 Å². The van der Waals surface area contributed by atoms with Crippen molar-refractivity contribution in [3.63, 3.8) is 0 Å². The minimum absolute atomic E-state index is 0.212. The quantitative estimate of drug-likeness (QED) is 0.606. The first-order valence-corrected chi connectivity index (χ1v) is 9.30. The monoisotopic (exact) mass is 370 g/mol. The summed E-state index contributed by atoms with van der Waals surface area (Å²) in [5, 5.41) is 6.44. The number of nitrogens with zero attached hydrogens (tertiary/aromatic N) is 2. The number of halogens is 1. The summed E-state index contributed by atoms with van der Waals surface area (Å²) in [6.07, 6.45) is 0. The van der Waals surface area contributed by atoms with E-state index < -0.39 is 0 Å². The fourth-order valence-electron chi connectivity index (χ4n) is 3.08. The van der Waals surface area contributed by atoms with Crippen molar-refractivity contribution in [2.75, 3.05) is 33.4 Å². The number of hydrogen-bond donors (Lipinski definition) is 2. The van der Waals surface area contributed by atoms with Gasteiger partial charge in [0, 0.05) is 45.3 Å². The number of rotatable bonds is 6. The lowest BCUT2D eigenvalue weighted by atomic mass is 10.1. The zero-order valence-electron chi connectivity index (χ0n) is 15.7. The van der Waals surface area contributed by atoms with Crippen LogP contribution >= 0.6 is 0 Å². The van der Waals surface area contributed by atoms with E-state index in [1.807, 2.05) is 6.07 Å². The van der Waals surface area contributed by atoms with Gasteiger partial charge in [-0.15, -0.1) is 0 Å². The summed E-state index contributed by atoms with van der Waals surface area (Å²) < 4.78 is 19.1. The molecule has 1 fully saturated rings. The molecule has 0 spiro atoms. The highest BCUT2D eigenvalue weighted by Crippen LogP contribution is 2.10. The van der Waals surface area contributed by atoms with E-state index >= 15 is 0 Å². The lowest BCUT2D eigenvalue weighted by molar-refractivity contribution is 0.0342. The summed E-state index contributed by atoms with van der Waals surface area (Å²) in [5.41, 5.74) is 3.10. The highest BCUT2D eigenvalue weighted by Gasteiger charge is 2.11. The van der Waals surface area contributed by atoms with Gasteiger partial charge in [-0.05, 0) is 17.2 Å². The Morgan fingerprint density at radius 2 is 1.78 bits per heavy atom. The van der Waals surface area contributed by atoms with Gasteiger partial charge in [0.1, 0.15) is 5.82 Å². The average molecular weight is 370 g/mol. The third-order valence-electron chi connectivity index (χ3n) is 4.59. The third kappa shape index (κ3) is 6.05. The van der Waals surface area contributed by atoms with Gasteiger partial charge < -0.3 is 15.4 Å². The molecule has 2 N–H and O–H groups in total. The first-order chi connectivity index (χ1) is 13.2. The molecule has 1 heterocycles. The van der Waals surface area contributed by atoms with Crippen molar-refractivity contribution >= 4 is 5.96 Å². The first-order valence-electron chi connectivity index (χ1n) is 9.30. The Hall–Kier alpha value is -2.44. The maximum atomic E-state index is 13.7. The molecule has 1 aliphatic rings. The SMILES string of the molecule is CN=C(NCc1cccc(CN2CCOCC2)c1)NCc1ccccc1F. The normalized spacial score (nSPS) is 15.6. The van der Waals surface area contributed by atoms with Crippen LogP contribution in [0, 0.1) is 5.82 Å². The first kappa shape index (κ1) is 19.3. The van der Waals surface area contributed by atoms with Crippen molar-refractivity contribution < 1.29 is 9.13 Å². The van der Waals surface area contributed by atoms with Crippen LogP contribution in [-0.2, 0) is 24.4 Å². The summed E-state index contributed by atoms with van der Waals surface area (Å²) in [5.74, 6) is 0.438. The van der Waals surface area contributed by atoms with Crippen LogP contribution in [0.15, 0.2) is 53.5 Å². The number of morpholine rings is 1. The standard InChI is InChI=1S/C21H27FN4O/c1-23-21(25-15-19-7-2-3-8-20(19)22)24-14-17-5-4-6-18(13-17)16-26-9-11-27-12-10-26/h2-8,13H,9-12,14-16H2,1H3,(H2,23,24,25). The molecule has 27 heavy (non-hydrogen) atoms. The van der Waals surface area contributed by atoms with Crippen molar-refractivity contribution in [2.45, 2.75) is 19.6 Å². The Morgan fingerprint density at radius 1 is 1.04 bits per heavy atom. The maximum absolute atomic E-state index is 13.7. The molecular formula is C21H27FN4O. The van der Waals surface area contributed by atoms with E-state index in [4.69, 9.17) is 4.74 Å². The summed E-state index contributed by atoms with van der Waals surface area (Å²) in [6.45, 7) is 5.58. The summed E-state index contributed by atoms with van der Waals surface area (Å²) in [7, 11) is 1.71. The van der Waals surface area contributed by atoms with Gasteiger partial charge in [0.25, 0.3) is 0 Å². The van der Waals surface area contributed by atoms with Crippen LogP contribution in [0.3, 0.4) is 0 Å². The Morgan fingerprint density at radius 3 is 2.56 bits per heavy atom. The third-order valence-corrected chi connectivity index (χ3v) is 4.59. The van der Waals surface area contributed by atoms with Gasteiger partial charge in [0.2, 0.25) is 0 Å². The molecule has 0 aliphatic carbocycles. The topological polar surface area (TPSA) is 48.9 Å². The zero-order chi connectivity index (χ0) is 18.9. The van der Waals surface area contributed by atoms with E-state index in [0.717, 1.165) is 32.8 Å². The van der Waals surface area contributed by atoms with Crippen molar-refractivity contribution in [2.24, 2.45) is 4.99 Å². The van der Waals surface area contributed by atoms with Crippen molar-refractivity contribution in [3.8, 4) is 0 Å². The molecule has 0 aromatic heterocycles. The highest BCUT2D eigenvalue weighted by molar-refractivity contribution is 5.79. The van der Waals surface area contributed by atoms with E-state index in [1.165, 1.54) is 17.2 Å². The Bertz CT molecular complexity index is 759. The molecule has 5 nitrogen and oxygen atoms in total. The minimum atomic E-state index is -0.212. The van der Waals surface area contributed by atoms with Crippen LogP contribution in [0.1, 0.15) is 16.7 Å². The van der Waals surface area contributed by atoms with Gasteiger partial charge in [-0.25, -0.2) is 4.39 Å². The van der Waals surface area contributed by atoms with Gasteiger partial charge in [-0.1, -0.05) is 42.5 Å². The van der Waals surface area contributed by atoms with Crippen LogP contribution in [0.25, 0.3) is 0 Å². The molecule has 0 amide bonds. The molecule has 0 saturated carbocycles. The van der Waals surface area contributed by atoms with Crippen LogP contribution in [0.4, 0.5) is 4.39 Å². The number of nitrogens with one attached hydrogen (secondary N) is 2. The number of ether oxygens (including phenoxy) is 1. The van der Waals surface area contributed by atoms with E-state index in [-0.39, 0.29) is 5.82 Å². The van der Waals surface area contributed by atoms with Crippen molar-refractivity contribution in [1.82, 2.24) is 15.5 Å². The van der Waals surface area contributed by atoms with Gasteiger partial charge in [-0.2, -0.15) is 0 Å². The highest BCUT2D eigenvalue weighted by atomic mass is 19.1. The Labute approximate surface area is 160 Å². The Balaban J connectivity index is 1.50. The maximum Gasteiger partial charge on any atom is 0.191 e. The second kappa shape index (κ2) is 10.0. The van der Waals surface area contributed by atoms with Crippen LogP contribution in [-0.4, -0.2) is 44.2 Å². The van der Waals surface area contributed by atoms with E-state index in [0.29, 0.717) is 24.6 Å². The summed E-state index contributed by atoms with van der Waals surface area (Å²) >= 11 is 0. The second-order valence-corrected chi connectivity index (χ2v) is 6.58. The molecule has 0 unspecified atom stereocenters.